The van der Waals surface area contributed by atoms with Gasteiger partial charge in [-0.15, -0.1) is 0 Å². The fourth-order valence-electron chi connectivity index (χ4n) is 1.57. The largest absolute Gasteiger partial charge is 0.492 e. The van der Waals surface area contributed by atoms with E-state index >= 15 is 0 Å². The van der Waals surface area contributed by atoms with E-state index < -0.39 is 0 Å². The third-order valence-corrected chi connectivity index (χ3v) is 2.46. The topological polar surface area (TPSA) is 58.1 Å². The van der Waals surface area contributed by atoms with Crippen LogP contribution in [0.4, 0.5) is 0 Å². The van der Waals surface area contributed by atoms with Gasteiger partial charge in [-0.2, -0.15) is 4.98 Å². The second-order valence-corrected chi connectivity index (χ2v) is 4.18. The molecule has 1 aromatic heterocycles. The van der Waals surface area contributed by atoms with Crippen LogP contribution < -0.4 is 4.74 Å². The summed E-state index contributed by atoms with van der Waals surface area (Å²) in [7, 11) is 0. The monoisotopic (exact) mass is 232 g/mol. The number of hydrogen-bond donors (Lipinski definition) is 2. The molecule has 90 valence electrons. The number of para-hydroxylation sites is 1. The van der Waals surface area contributed by atoms with Crippen molar-refractivity contribution in [2.24, 2.45) is 0 Å². The Labute approximate surface area is 100 Å². The highest BCUT2D eigenvalue weighted by atomic mass is 16.5. The molecule has 4 nitrogen and oxygen atoms in total. The third kappa shape index (κ3) is 2.78. The smallest absolute Gasteiger partial charge is 0.232 e. The summed E-state index contributed by atoms with van der Waals surface area (Å²) in [6, 6.07) is 9.52. The first kappa shape index (κ1) is 11.5. The van der Waals surface area contributed by atoms with Crippen LogP contribution >= 0.6 is 0 Å². The fourth-order valence-corrected chi connectivity index (χ4v) is 1.57. The van der Waals surface area contributed by atoms with E-state index in [1.165, 1.54) is 0 Å². The predicted molar refractivity (Wildman–Crippen MR) is 65.1 cm³/mol. The van der Waals surface area contributed by atoms with Crippen LogP contribution in [0.5, 0.6) is 11.6 Å². The molecule has 1 heterocycles. The van der Waals surface area contributed by atoms with Gasteiger partial charge in [0.15, 0.2) is 0 Å². The lowest BCUT2D eigenvalue weighted by Crippen LogP contribution is -1.97. The number of aromatic hydroxyl groups is 1. The van der Waals surface area contributed by atoms with E-state index in [-0.39, 0.29) is 11.8 Å². The van der Waals surface area contributed by atoms with Crippen molar-refractivity contribution in [2.75, 3.05) is 0 Å². The number of imidazole rings is 1. The van der Waals surface area contributed by atoms with Crippen LogP contribution in [0, 0.1) is 0 Å². The summed E-state index contributed by atoms with van der Waals surface area (Å²) in [5, 5.41) is 9.60. The molecule has 0 spiro atoms. The molecule has 0 atom stereocenters. The Morgan fingerprint density at radius 1 is 1.29 bits per heavy atom. The summed E-state index contributed by atoms with van der Waals surface area (Å²) >= 11 is 0. The van der Waals surface area contributed by atoms with Crippen LogP contribution in [0.2, 0.25) is 0 Å². The van der Waals surface area contributed by atoms with Gasteiger partial charge in [0, 0.05) is 0 Å². The minimum atomic E-state index is 0.0617. The van der Waals surface area contributed by atoms with Crippen LogP contribution in [-0.2, 0) is 6.61 Å². The van der Waals surface area contributed by atoms with Gasteiger partial charge >= 0.3 is 0 Å². The summed E-state index contributed by atoms with van der Waals surface area (Å²) in [6.45, 7) is 4.31. The van der Waals surface area contributed by atoms with E-state index in [1.807, 2.05) is 44.2 Å². The third-order valence-electron chi connectivity index (χ3n) is 2.46. The van der Waals surface area contributed by atoms with Gasteiger partial charge in [0.05, 0.1) is 5.69 Å². The summed E-state index contributed by atoms with van der Waals surface area (Å²) in [5.41, 5.74) is 0.747. The second kappa shape index (κ2) is 4.91. The number of nitrogens with one attached hydrogen (secondary N) is 1. The van der Waals surface area contributed by atoms with Gasteiger partial charge in [0.2, 0.25) is 5.88 Å². The molecule has 0 fully saturated rings. The van der Waals surface area contributed by atoms with E-state index in [2.05, 4.69) is 9.97 Å². The Hall–Kier alpha value is -1.97. The Morgan fingerprint density at radius 3 is 2.59 bits per heavy atom. The van der Waals surface area contributed by atoms with Gasteiger partial charge in [-0.1, -0.05) is 32.0 Å². The lowest BCUT2D eigenvalue weighted by atomic mass is 10.1. The van der Waals surface area contributed by atoms with Crippen molar-refractivity contribution in [3.05, 3.63) is 41.9 Å². The first-order valence-electron chi connectivity index (χ1n) is 5.62. The number of ether oxygens (including phenoxy) is 1. The van der Waals surface area contributed by atoms with Crippen molar-refractivity contribution in [2.45, 2.75) is 26.4 Å². The van der Waals surface area contributed by atoms with E-state index in [1.54, 1.807) is 0 Å². The standard InChI is InChI=1S/C13H16N2O2/c1-9(2)12-13(16)15-11(14-12)8-17-10-6-4-3-5-7-10/h3-7,9,16H,8H2,1-2H3,(H,14,15). The summed E-state index contributed by atoms with van der Waals surface area (Å²) in [4.78, 5) is 7.09. The number of H-pyrrole nitrogens is 1. The molecule has 0 amide bonds. The first-order valence-corrected chi connectivity index (χ1v) is 5.62. The molecule has 0 saturated carbocycles. The van der Waals surface area contributed by atoms with Gasteiger partial charge in [0.25, 0.3) is 0 Å². The van der Waals surface area contributed by atoms with E-state index in [4.69, 9.17) is 4.74 Å². The van der Waals surface area contributed by atoms with Gasteiger partial charge in [-0.25, -0.2) is 0 Å². The Bertz CT molecular complexity index is 477. The second-order valence-electron chi connectivity index (χ2n) is 4.18. The summed E-state index contributed by atoms with van der Waals surface area (Å²) in [5.74, 6) is 1.70. The summed E-state index contributed by atoms with van der Waals surface area (Å²) < 4.78 is 5.54. The number of aromatic amines is 1. The minimum Gasteiger partial charge on any atom is -0.492 e. The highest BCUT2D eigenvalue weighted by Crippen LogP contribution is 2.22. The molecule has 0 unspecified atom stereocenters. The molecule has 0 aliphatic heterocycles. The molecule has 2 aromatic rings. The quantitative estimate of drug-likeness (QED) is 0.852. The van der Waals surface area contributed by atoms with E-state index in [0.717, 1.165) is 11.4 Å². The SMILES string of the molecule is CC(C)c1[nH]c(COc2ccccc2)nc1O. The molecule has 2 rings (SSSR count). The maximum Gasteiger partial charge on any atom is 0.232 e. The number of aromatic nitrogens is 2. The molecule has 0 radical (unpaired) electrons. The van der Waals surface area contributed by atoms with Crippen molar-refractivity contribution >= 4 is 0 Å². The van der Waals surface area contributed by atoms with E-state index in [0.29, 0.717) is 12.4 Å². The van der Waals surface area contributed by atoms with Crippen LogP contribution in [0.15, 0.2) is 30.3 Å². The highest BCUT2D eigenvalue weighted by Gasteiger charge is 2.12. The van der Waals surface area contributed by atoms with Crippen molar-refractivity contribution in [1.29, 1.82) is 0 Å². The van der Waals surface area contributed by atoms with E-state index in [9.17, 15) is 5.11 Å². The Kier molecular flexibility index (Phi) is 3.32. The Morgan fingerprint density at radius 2 is 2.00 bits per heavy atom. The molecule has 17 heavy (non-hydrogen) atoms. The minimum absolute atomic E-state index is 0.0617. The molecular formula is C13H16N2O2. The average molecular weight is 232 g/mol. The zero-order valence-electron chi connectivity index (χ0n) is 9.97. The molecule has 2 N–H and O–H groups in total. The lowest BCUT2D eigenvalue weighted by molar-refractivity contribution is 0.296. The van der Waals surface area contributed by atoms with Crippen molar-refractivity contribution in [3.8, 4) is 11.6 Å². The average Bonchev–Trinajstić information content (AvgIpc) is 2.69. The first-order chi connectivity index (χ1) is 8.16. The van der Waals surface area contributed by atoms with Gasteiger partial charge < -0.3 is 14.8 Å². The normalized spacial score (nSPS) is 10.8. The van der Waals surface area contributed by atoms with Gasteiger partial charge in [-0.05, 0) is 18.1 Å². The predicted octanol–water partition coefficient (Wildman–Crippen LogP) is 2.82. The molecule has 1 aromatic carbocycles. The van der Waals surface area contributed by atoms with Gasteiger partial charge in [-0.3, -0.25) is 0 Å². The molecule has 0 aliphatic carbocycles. The highest BCUT2D eigenvalue weighted by molar-refractivity contribution is 5.24. The molecular weight excluding hydrogens is 216 g/mol. The van der Waals surface area contributed by atoms with Crippen molar-refractivity contribution < 1.29 is 9.84 Å². The zero-order chi connectivity index (χ0) is 12.3. The van der Waals surface area contributed by atoms with Crippen molar-refractivity contribution in [1.82, 2.24) is 9.97 Å². The van der Waals surface area contributed by atoms with Crippen LogP contribution in [-0.4, -0.2) is 15.1 Å². The molecule has 4 heteroatoms. The number of rotatable bonds is 4. The number of nitrogens with zero attached hydrogens (tertiary/aromatic N) is 1. The summed E-state index contributed by atoms with van der Waals surface area (Å²) in [6.07, 6.45) is 0. The zero-order valence-corrected chi connectivity index (χ0v) is 9.97. The fraction of sp³-hybridized carbons (Fsp3) is 0.308. The molecule has 0 aliphatic rings. The maximum atomic E-state index is 9.60. The lowest BCUT2D eigenvalue weighted by Gasteiger charge is -2.03. The number of hydrogen-bond acceptors (Lipinski definition) is 3. The van der Waals surface area contributed by atoms with Gasteiger partial charge in [0.1, 0.15) is 18.2 Å². The van der Waals surface area contributed by atoms with Crippen LogP contribution in [0.3, 0.4) is 0 Å². The Balaban J connectivity index is 2.02. The van der Waals surface area contributed by atoms with Crippen LogP contribution in [0.1, 0.15) is 31.3 Å². The van der Waals surface area contributed by atoms with Crippen LogP contribution in [0.25, 0.3) is 0 Å². The number of benzene rings is 1. The molecule has 0 bridgehead atoms. The van der Waals surface area contributed by atoms with Crippen molar-refractivity contribution in [3.63, 3.8) is 0 Å². The maximum absolute atomic E-state index is 9.60. The molecule has 0 saturated heterocycles.